The predicted molar refractivity (Wildman–Crippen MR) is 71.9 cm³/mol. The first-order valence-corrected chi connectivity index (χ1v) is 6.70. The molecule has 0 aliphatic heterocycles. The minimum absolute atomic E-state index is 0.00788. The van der Waals surface area contributed by atoms with Gasteiger partial charge < -0.3 is 9.47 Å². The molecule has 2 unspecified atom stereocenters. The molecule has 0 N–H and O–H groups in total. The normalized spacial score (nSPS) is 16.6. The molecular weight excluding hydrogens is 269 g/mol. The molecule has 2 nitrogen and oxygen atoms in total. The number of rotatable bonds is 6. The van der Waals surface area contributed by atoms with Crippen LogP contribution in [0.15, 0.2) is 24.3 Å². The number of ether oxygens (including phenoxy) is 2. The van der Waals surface area contributed by atoms with E-state index in [1.807, 2.05) is 6.92 Å². The monoisotopic (exact) mass is 290 g/mol. The van der Waals surface area contributed by atoms with Gasteiger partial charge in [-0.3, -0.25) is 0 Å². The Balaban J connectivity index is 2.90. The fourth-order valence-electron chi connectivity index (χ4n) is 1.93. The molecule has 1 aromatic rings. The highest BCUT2D eigenvalue weighted by Crippen LogP contribution is 2.43. The smallest absolute Gasteiger partial charge is 0.398 e. The molecule has 0 aromatic heterocycles. The summed E-state index contributed by atoms with van der Waals surface area (Å²) in [6.07, 6.45) is -4.71. The fraction of sp³-hybridized carbons (Fsp3) is 0.600. The molecule has 20 heavy (non-hydrogen) atoms. The van der Waals surface area contributed by atoms with E-state index in [2.05, 4.69) is 0 Å². The second-order valence-electron chi connectivity index (χ2n) is 4.85. The van der Waals surface area contributed by atoms with E-state index in [4.69, 9.17) is 9.47 Å². The Kier molecular flexibility index (Phi) is 5.45. The van der Waals surface area contributed by atoms with Crippen LogP contribution in [-0.4, -0.2) is 19.1 Å². The van der Waals surface area contributed by atoms with Crippen molar-refractivity contribution in [1.29, 1.82) is 0 Å². The molecule has 1 rings (SSSR count). The standard InChI is InChI=1S/C15H21F3O2/c1-5-14(4,15(16,17)18)12-7-9-13(10-8-12)20-11(3)19-6-2/h7-11H,5-6H2,1-4H3. The van der Waals surface area contributed by atoms with Crippen molar-refractivity contribution in [3.8, 4) is 5.75 Å². The molecule has 1 aromatic carbocycles. The first kappa shape index (κ1) is 16.8. The molecule has 0 spiro atoms. The molecule has 0 fully saturated rings. The van der Waals surface area contributed by atoms with Crippen molar-refractivity contribution in [1.82, 2.24) is 0 Å². The zero-order chi connectivity index (χ0) is 15.4. The summed E-state index contributed by atoms with van der Waals surface area (Å²) >= 11 is 0. The summed E-state index contributed by atoms with van der Waals surface area (Å²) in [6, 6.07) is 6.02. The van der Waals surface area contributed by atoms with E-state index in [1.165, 1.54) is 26.0 Å². The summed E-state index contributed by atoms with van der Waals surface area (Å²) in [7, 11) is 0. The Hall–Kier alpha value is -1.23. The van der Waals surface area contributed by atoms with Gasteiger partial charge in [0.05, 0.1) is 5.41 Å². The molecule has 5 heteroatoms. The van der Waals surface area contributed by atoms with Gasteiger partial charge in [-0.15, -0.1) is 0 Å². The van der Waals surface area contributed by atoms with Gasteiger partial charge in [-0.25, -0.2) is 0 Å². The Morgan fingerprint density at radius 3 is 2.05 bits per heavy atom. The highest BCUT2D eigenvalue weighted by Gasteiger charge is 2.50. The lowest BCUT2D eigenvalue weighted by atomic mass is 9.79. The molecular formula is C15H21F3O2. The number of hydrogen-bond acceptors (Lipinski definition) is 2. The van der Waals surface area contributed by atoms with E-state index in [9.17, 15) is 13.2 Å². The van der Waals surface area contributed by atoms with E-state index in [1.54, 1.807) is 19.1 Å². The fourth-order valence-corrected chi connectivity index (χ4v) is 1.93. The maximum Gasteiger partial charge on any atom is 0.398 e. The largest absolute Gasteiger partial charge is 0.465 e. The van der Waals surface area contributed by atoms with Crippen LogP contribution in [0.5, 0.6) is 5.75 Å². The van der Waals surface area contributed by atoms with Gasteiger partial charge in [0.15, 0.2) is 6.29 Å². The van der Waals surface area contributed by atoms with Crippen LogP contribution in [0.3, 0.4) is 0 Å². The molecule has 0 bridgehead atoms. The second-order valence-corrected chi connectivity index (χ2v) is 4.85. The Morgan fingerprint density at radius 1 is 1.10 bits per heavy atom. The minimum Gasteiger partial charge on any atom is -0.465 e. The lowest BCUT2D eigenvalue weighted by Gasteiger charge is -2.31. The molecule has 0 aliphatic rings. The van der Waals surface area contributed by atoms with Crippen molar-refractivity contribution in [2.45, 2.75) is 52.0 Å². The summed E-state index contributed by atoms with van der Waals surface area (Å²) in [6.45, 7) is 6.85. The van der Waals surface area contributed by atoms with Crippen LogP contribution < -0.4 is 4.74 Å². The third kappa shape index (κ3) is 3.66. The number of hydrogen-bond donors (Lipinski definition) is 0. The molecule has 2 atom stereocenters. The van der Waals surface area contributed by atoms with E-state index < -0.39 is 17.9 Å². The third-order valence-corrected chi connectivity index (χ3v) is 3.53. The number of halogens is 3. The van der Waals surface area contributed by atoms with Crippen LogP contribution in [0, 0.1) is 0 Å². The average Bonchev–Trinajstić information content (AvgIpc) is 2.37. The lowest BCUT2D eigenvalue weighted by molar-refractivity contribution is -0.186. The van der Waals surface area contributed by atoms with Gasteiger partial charge in [0.2, 0.25) is 0 Å². The van der Waals surface area contributed by atoms with E-state index in [0.717, 1.165) is 0 Å². The quantitative estimate of drug-likeness (QED) is 0.708. The van der Waals surface area contributed by atoms with Crippen LogP contribution in [-0.2, 0) is 10.2 Å². The van der Waals surface area contributed by atoms with Gasteiger partial charge in [-0.1, -0.05) is 19.1 Å². The van der Waals surface area contributed by atoms with E-state index >= 15 is 0 Å². The summed E-state index contributed by atoms with van der Waals surface area (Å²) in [5.41, 5.74) is -1.60. The summed E-state index contributed by atoms with van der Waals surface area (Å²) in [4.78, 5) is 0. The maximum atomic E-state index is 13.2. The van der Waals surface area contributed by atoms with Crippen molar-refractivity contribution in [3.05, 3.63) is 29.8 Å². The first-order valence-electron chi connectivity index (χ1n) is 6.70. The molecule has 0 saturated carbocycles. The highest BCUT2D eigenvalue weighted by molar-refractivity contribution is 5.33. The highest BCUT2D eigenvalue weighted by atomic mass is 19.4. The Labute approximate surface area is 117 Å². The van der Waals surface area contributed by atoms with Gasteiger partial charge in [-0.2, -0.15) is 13.2 Å². The van der Waals surface area contributed by atoms with Gasteiger partial charge in [0.1, 0.15) is 5.75 Å². The molecule has 0 radical (unpaired) electrons. The topological polar surface area (TPSA) is 18.5 Å². The summed E-state index contributed by atoms with van der Waals surface area (Å²) in [5.74, 6) is 0.496. The first-order chi connectivity index (χ1) is 9.24. The van der Waals surface area contributed by atoms with Crippen molar-refractivity contribution < 1.29 is 22.6 Å². The molecule has 0 amide bonds. The minimum atomic E-state index is -4.28. The van der Waals surface area contributed by atoms with Crippen molar-refractivity contribution in [3.63, 3.8) is 0 Å². The van der Waals surface area contributed by atoms with E-state index in [-0.39, 0.29) is 12.0 Å². The van der Waals surface area contributed by atoms with Crippen LogP contribution >= 0.6 is 0 Å². The van der Waals surface area contributed by atoms with Gasteiger partial charge in [0.25, 0.3) is 0 Å². The lowest BCUT2D eigenvalue weighted by Crippen LogP contribution is -2.38. The van der Waals surface area contributed by atoms with Gasteiger partial charge in [-0.05, 0) is 44.9 Å². The van der Waals surface area contributed by atoms with Crippen molar-refractivity contribution >= 4 is 0 Å². The molecule has 114 valence electrons. The average molecular weight is 290 g/mol. The predicted octanol–water partition coefficient (Wildman–Crippen LogP) is 4.68. The summed E-state index contributed by atoms with van der Waals surface area (Å²) in [5, 5.41) is 0. The Bertz CT molecular complexity index is 414. The third-order valence-electron chi connectivity index (χ3n) is 3.53. The van der Waals surface area contributed by atoms with Crippen molar-refractivity contribution in [2.75, 3.05) is 6.61 Å². The molecule has 0 heterocycles. The molecule has 0 aliphatic carbocycles. The maximum absolute atomic E-state index is 13.2. The number of alkyl halides is 3. The molecule has 0 saturated heterocycles. The summed E-state index contributed by atoms with van der Waals surface area (Å²) < 4.78 is 50.1. The zero-order valence-corrected chi connectivity index (χ0v) is 12.3. The SMILES string of the molecule is CCOC(C)Oc1ccc(C(C)(CC)C(F)(F)F)cc1. The van der Waals surface area contributed by atoms with Crippen LogP contribution in [0.2, 0.25) is 0 Å². The van der Waals surface area contributed by atoms with Gasteiger partial charge in [0, 0.05) is 6.61 Å². The van der Waals surface area contributed by atoms with E-state index in [0.29, 0.717) is 12.4 Å². The van der Waals surface area contributed by atoms with Crippen LogP contribution in [0.25, 0.3) is 0 Å². The van der Waals surface area contributed by atoms with Crippen LogP contribution in [0.4, 0.5) is 13.2 Å². The van der Waals surface area contributed by atoms with Crippen LogP contribution in [0.1, 0.15) is 39.7 Å². The Morgan fingerprint density at radius 2 is 1.65 bits per heavy atom. The second kappa shape index (κ2) is 6.48. The zero-order valence-electron chi connectivity index (χ0n) is 12.3. The number of benzene rings is 1. The van der Waals surface area contributed by atoms with Gasteiger partial charge >= 0.3 is 6.18 Å². The van der Waals surface area contributed by atoms with Crippen molar-refractivity contribution in [2.24, 2.45) is 0 Å².